The summed E-state index contributed by atoms with van der Waals surface area (Å²) in [5.74, 6) is -0.619. The molecule has 0 aliphatic heterocycles. The van der Waals surface area contributed by atoms with Crippen molar-refractivity contribution in [1.29, 1.82) is 0 Å². The largest absolute Gasteiger partial charge is 0.444 e. The zero-order valence-electron chi connectivity index (χ0n) is 16.3. The number of benzene rings is 1. The minimum Gasteiger partial charge on any atom is -0.444 e. The Balaban J connectivity index is 3.02. The Labute approximate surface area is 167 Å². The topological polar surface area (TPSA) is 151 Å². The molecule has 0 aliphatic rings. The summed E-state index contributed by atoms with van der Waals surface area (Å²) in [5.41, 5.74) is 3.84. The van der Waals surface area contributed by atoms with Crippen LogP contribution in [0.3, 0.4) is 0 Å². The van der Waals surface area contributed by atoms with Crippen LogP contribution in [0.25, 0.3) is 6.08 Å². The predicted octanol–water partition coefficient (Wildman–Crippen LogP) is 3.10. The fourth-order valence-electron chi connectivity index (χ4n) is 2.15. The van der Waals surface area contributed by atoms with Crippen LogP contribution in [0.4, 0.5) is 15.3 Å². The number of ether oxygens (including phenoxy) is 2. The van der Waals surface area contributed by atoms with Gasteiger partial charge in [0.1, 0.15) is 11.4 Å². The summed E-state index contributed by atoms with van der Waals surface area (Å²) in [5, 5.41) is 13.7. The van der Waals surface area contributed by atoms with Gasteiger partial charge in [0.25, 0.3) is 5.69 Å². The highest BCUT2D eigenvalue weighted by molar-refractivity contribution is 5.99. The highest BCUT2D eigenvalue weighted by atomic mass is 16.6. The molecule has 0 saturated heterocycles. The molecule has 10 nitrogen and oxygen atoms in total. The van der Waals surface area contributed by atoms with E-state index in [0.717, 1.165) is 12.1 Å². The summed E-state index contributed by atoms with van der Waals surface area (Å²) in [4.78, 5) is 45.7. The number of nitrogens with one attached hydrogen (secondary N) is 1. The van der Waals surface area contributed by atoms with E-state index in [-0.39, 0.29) is 17.7 Å². The average molecular weight is 405 g/mol. The maximum atomic E-state index is 12.4. The molecule has 156 valence electrons. The van der Waals surface area contributed by atoms with Crippen molar-refractivity contribution in [3.8, 4) is 5.75 Å². The summed E-state index contributed by atoms with van der Waals surface area (Å²) in [6.07, 6.45) is 2.02. The number of ketones is 1. The van der Waals surface area contributed by atoms with Gasteiger partial charge in [-0.3, -0.25) is 14.9 Å². The number of carbonyl (C=O) groups is 3. The molecule has 10 heteroatoms. The quantitative estimate of drug-likeness (QED) is 0.292. The molecule has 1 aromatic carbocycles. The van der Waals surface area contributed by atoms with Crippen molar-refractivity contribution >= 4 is 29.7 Å². The third kappa shape index (κ3) is 8.24. The van der Waals surface area contributed by atoms with E-state index in [0.29, 0.717) is 0 Å². The zero-order valence-corrected chi connectivity index (χ0v) is 16.3. The molecule has 0 saturated carbocycles. The summed E-state index contributed by atoms with van der Waals surface area (Å²) >= 11 is 0. The van der Waals surface area contributed by atoms with E-state index in [9.17, 15) is 24.5 Å². The summed E-state index contributed by atoms with van der Waals surface area (Å²) in [6, 6.07) is 2.65. The molecule has 0 heterocycles. The van der Waals surface area contributed by atoms with Crippen LogP contribution in [0, 0.1) is 10.1 Å². The summed E-state index contributed by atoms with van der Waals surface area (Å²) in [7, 11) is 0. The van der Waals surface area contributed by atoms with Gasteiger partial charge in [-0.15, -0.1) is 6.58 Å². The number of alkyl carbamates (subject to hydrolysis) is 1. The second-order valence-electron chi connectivity index (χ2n) is 6.86. The maximum Gasteiger partial charge on any atom is 0.409 e. The standard InChI is InChI=1S/C19H23N3O7/c1-5-6-14(21-18(25)29-19(2,3)4)16(23)10-8-12-7-9-13(28-17(20)24)11-15(12)22(26)27/h5,7-11,14H,1,6H2,2-4H3,(H2,20,24)(H,21,25)/b10-8+/t14-/m0/s1. The van der Waals surface area contributed by atoms with E-state index in [2.05, 4.69) is 16.6 Å². The number of amides is 2. The fourth-order valence-corrected chi connectivity index (χ4v) is 2.15. The molecule has 29 heavy (non-hydrogen) atoms. The number of nitro groups is 1. The van der Waals surface area contributed by atoms with Crippen LogP contribution in [0.5, 0.6) is 5.75 Å². The van der Waals surface area contributed by atoms with E-state index >= 15 is 0 Å². The number of hydrogen-bond acceptors (Lipinski definition) is 7. The van der Waals surface area contributed by atoms with Crippen molar-refractivity contribution in [3.05, 3.63) is 52.6 Å². The number of primary amides is 1. The van der Waals surface area contributed by atoms with Crippen LogP contribution in [0.15, 0.2) is 36.9 Å². The van der Waals surface area contributed by atoms with Crippen molar-refractivity contribution in [2.24, 2.45) is 5.73 Å². The van der Waals surface area contributed by atoms with Crippen LogP contribution in [0.2, 0.25) is 0 Å². The molecular weight excluding hydrogens is 382 g/mol. The lowest BCUT2D eigenvalue weighted by atomic mass is 10.1. The third-order valence-corrected chi connectivity index (χ3v) is 3.28. The molecule has 3 N–H and O–H groups in total. The normalized spacial score (nSPS) is 12.1. The van der Waals surface area contributed by atoms with E-state index in [1.165, 1.54) is 24.3 Å². The molecule has 1 aromatic rings. The first kappa shape index (κ1) is 23.3. The van der Waals surface area contributed by atoms with Crippen molar-refractivity contribution in [2.75, 3.05) is 0 Å². The van der Waals surface area contributed by atoms with Gasteiger partial charge >= 0.3 is 12.2 Å². The first-order valence-electron chi connectivity index (χ1n) is 8.51. The van der Waals surface area contributed by atoms with E-state index in [1.807, 2.05) is 0 Å². The molecule has 0 bridgehead atoms. The number of carbonyl (C=O) groups excluding carboxylic acids is 3. The van der Waals surface area contributed by atoms with E-state index < -0.39 is 40.2 Å². The minimum atomic E-state index is -1.11. The molecule has 0 unspecified atom stereocenters. The minimum absolute atomic E-state index is 0.0924. The molecule has 1 rings (SSSR count). The molecule has 0 fully saturated rings. The Morgan fingerprint density at radius 1 is 1.34 bits per heavy atom. The van der Waals surface area contributed by atoms with Gasteiger partial charge in [0, 0.05) is 0 Å². The number of nitrogens with zero attached hydrogens (tertiary/aromatic N) is 1. The number of rotatable bonds is 8. The Bertz CT molecular complexity index is 841. The lowest BCUT2D eigenvalue weighted by molar-refractivity contribution is -0.385. The smallest absolute Gasteiger partial charge is 0.409 e. The number of hydrogen-bond donors (Lipinski definition) is 2. The maximum absolute atomic E-state index is 12.4. The first-order chi connectivity index (χ1) is 13.4. The van der Waals surface area contributed by atoms with Crippen molar-refractivity contribution in [3.63, 3.8) is 0 Å². The van der Waals surface area contributed by atoms with Crippen molar-refractivity contribution in [2.45, 2.75) is 38.8 Å². The van der Waals surface area contributed by atoms with Crippen LogP contribution >= 0.6 is 0 Å². The zero-order chi connectivity index (χ0) is 22.2. The molecule has 0 spiro atoms. The molecule has 0 aromatic heterocycles. The van der Waals surface area contributed by atoms with Gasteiger partial charge in [0.15, 0.2) is 5.78 Å². The predicted molar refractivity (Wildman–Crippen MR) is 105 cm³/mol. The average Bonchev–Trinajstić information content (AvgIpc) is 2.57. The Morgan fingerprint density at radius 3 is 2.52 bits per heavy atom. The highest BCUT2D eigenvalue weighted by Gasteiger charge is 2.22. The number of nitro benzene ring substituents is 1. The van der Waals surface area contributed by atoms with Gasteiger partial charge in [-0.05, 0) is 51.5 Å². The third-order valence-electron chi connectivity index (χ3n) is 3.28. The van der Waals surface area contributed by atoms with Crippen molar-refractivity contribution < 1.29 is 28.8 Å². The number of nitrogens with two attached hydrogens (primary N) is 1. The van der Waals surface area contributed by atoms with Crippen molar-refractivity contribution in [1.82, 2.24) is 5.32 Å². The lowest BCUT2D eigenvalue weighted by Gasteiger charge is -2.22. The fraction of sp³-hybridized carbons (Fsp3) is 0.316. The van der Waals surface area contributed by atoms with Gasteiger partial charge in [0.05, 0.1) is 22.6 Å². The first-order valence-corrected chi connectivity index (χ1v) is 8.51. The SMILES string of the molecule is C=CC[C@H](NC(=O)OC(C)(C)C)C(=O)/C=C/c1ccc(OC(N)=O)cc1[N+](=O)[O-]. The Morgan fingerprint density at radius 2 is 2.00 bits per heavy atom. The van der Waals surface area contributed by atoms with Crippen LogP contribution in [-0.4, -0.2) is 34.5 Å². The van der Waals surface area contributed by atoms with Gasteiger partial charge in [0.2, 0.25) is 0 Å². The second kappa shape index (κ2) is 10.0. The van der Waals surface area contributed by atoms with Crippen LogP contribution in [0.1, 0.15) is 32.8 Å². The molecular formula is C19H23N3O7. The lowest BCUT2D eigenvalue weighted by Crippen LogP contribution is -2.42. The summed E-state index contributed by atoms with van der Waals surface area (Å²) in [6.45, 7) is 8.59. The van der Waals surface area contributed by atoms with Crippen LogP contribution < -0.4 is 15.8 Å². The second-order valence-corrected chi connectivity index (χ2v) is 6.86. The summed E-state index contributed by atoms with van der Waals surface area (Å²) < 4.78 is 9.73. The Hall–Kier alpha value is -3.69. The monoisotopic (exact) mass is 405 g/mol. The van der Waals surface area contributed by atoms with E-state index in [1.54, 1.807) is 20.8 Å². The van der Waals surface area contributed by atoms with Gasteiger partial charge < -0.3 is 20.5 Å². The molecule has 1 atom stereocenters. The van der Waals surface area contributed by atoms with E-state index in [4.69, 9.17) is 10.5 Å². The molecule has 0 aliphatic carbocycles. The van der Waals surface area contributed by atoms with Gasteiger partial charge in [-0.25, -0.2) is 9.59 Å². The van der Waals surface area contributed by atoms with Gasteiger partial charge in [-0.2, -0.15) is 0 Å². The highest BCUT2D eigenvalue weighted by Crippen LogP contribution is 2.26. The molecule has 0 radical (unpaired) electrons. The Kier molecular flexibility index (Phi) is 8.07. The van der Waals surface area contributed by atoms with Crippen LogP contribution in [-0.2, 0) is 9.53 Å². The van der Waals surface area contributed by atoms with Gasteiger partial charge in [-0.1, -0.05) is 6.08 Å². The molecule has 2 amide bonds.